The molecule has 0 bridgehead atoms. The zero-order chi connectivity index (χ0) is 20.5. The number of nitrogens with one attached hydrogen (secondary N) is 1. The van der Waals surface area contributed by atoms with Crippen molar-refractivity contribution in [3.63, 3.8) is 0 Å². The van der Waals surface area contributed by atoms with Crippen LogP contribution in [0.15, 0.2) is 46.2 Å². The van der Waals surface area contributed by atoms with E-state index in [-0.39, 0.29) is 20.5 Å². The molecule has 1 fully saturated rings. The summed E-state index contributed by atoms with van der Waals surface area (Å²) in [4.78, 5) is 0.0605. The van der Waals surface area contributed by atoms with Gasteiger partial charge in [-0.1, -0.05) is 35.7 Å². The van der Waals surface area contributed by atoms with Gasteiger partial charge >= 0.3 is 0 Å². The van der Waals surface area contributed by atoms with E-state index in [1.165, 1.54) is 28.6 Å². The number of nitrogens with zero attached hydrogens (tertiary/aromatic N) is 1. The van der Waals surface area contributed by atoms with Crippen LogP contribution in [-0.2, 0) is 20.0 Å². The van der Waals surface area contributed by atoms with Crippen LogP contribution in [-0.4, -0.2) is 34.2 Å². The molecule has 28 heavy (non-hydrogen) atoms. The Labute approximate surface area is 171 Å². The van der Waals surface area contributed by atoms with Crippen molar-refractivity contribution in [2.24, 2.45) is 0 Å². The molecule has 0 amide bonds. The summed E-state index contributed by atoms with van der Waals surface area (Å²) in [7, 11) is -7.64. The summed E-state index contributed by atoms with van der Waals surface area (Å²) in [6, 6.07) is 9.18. The minimum atomic E-state index is -3.86. The summed E-state index contributed by atoms with van der Waals surface area (Å²) in [5.74, 6) is 0. The number of halogens is 1. The highest BCUT2D eigenvalue weighted by atomic mass is 35.5. The van der Waals surface area contributed by atoms with Gasteiger partial charge in [0, 0.05) is 13.1 Å². The van der Waals surface area contributed by atoms with Crippen molar-refractivity contribution in [3.05, 3.63) is 52.5 Å². The second kappa shape index (κ2) is 8.02. The van der Waals surface area contributed by atoms with Gasteiger partial charge in [0.15, 0.2) is 0 Å². The van der Waals surface area contributed by atoms with Gasteiger partial charge in [-0.15, -0.1) is 0 Å². The Balaban J connectivity index is 1.95. The van der Waals surface area contributed by atoms with Crippen LogP contribution in [0.2, 0.25) is 5.02 Å². The lowest BCUT2D eigenvalue weighted by Gasteiger charge is -2.26. The first kappa shape index (κ1) is 21.1. The maximum atomic E-state index is 13.0. The van der Waals surface area contributed by atoms with E-state index in [4.69, 9.17) is 11.6 Å². The lowest BCUT2D eigenvalue weighted by Crippen LogP contribution is -2.35. The predicted molar refractivity (Wildman–Crippen MR) is 111 cm³/mol. The Morgan fingerprint density at radius 1 is 0.893 bits per heavy atom. The molecule has 1 saturated heterocycles. The Hall–Kier alpha value is -1.61. The Bertz CT molecular complexity index is 1090. The molecule has 0 spiro atoms. The van der Waals surface area contributed by atoms with Gasteiger partial charge in [-0.25, -0.2) is 16.8 Å². The van der Waals surface area contributed by atoms with E-state index in [9.17, 15) is 16.8 Å². The molecule has 2 aromatic rings. The fourth-order valence-electron chi connectivity index (χ4n) is 3.32. The molecule has 1 heterocycles. The van der Waals surface area contributed by atoms with Gasteiger partial charge in [-0.05, 0) is 56.5 Å². The standard InChI is InChI=1S/C19H23ClN2O4S2/c1-14-6-9-18(15(2)12-14)27(23,24)21-16-7-8-17(20)19(13-16)28(25,26)22-10-4-3-5-11-22/h6-9,12-13,21H,3-5,10-11H2,1-2H3. The fraction of sp³-hybridized carbons (Fsp3) is 0.368. The number of piperidine rings is 1. The minimum Gasteiger partial charge on any atom is -0.280 e. The second-order valence-electron chi connectivity index (χ2n) is 6.98. The van der Waals surface area contributed by atoms with Gasteiger partial charge in [0.1, 0.15) is 4.90 Å². The fourth-order valence-corrected chi connectivity index (χ4v) is 6.61. The molecular formula is C19H23ClN2O4S2. The molecule has 0 radical (unpaired) electrons. The Morgan fingerprint density at radius 2 is 1.57 bits per heavy atom. The molecule has 6 nitrogen and oxygen atoms in total. The van der Waals surface area contributed by atoms with E-state index < -0.39 is 20.0 Å². The number of benzene rings is 2. The van der Waals surface area contributed by atoms with Crippen molar-refractivity contribution in [1.29, 1.82) is 0 Å². The molecule has 1 aliphatic rings. The number of anilines is 1. The van der Waals surface area contributed by atoms with Crippen molar-refractivity contribution >= 4 is 37.3 Å². The first-order valence-corrected chi connectivity index (χ1v) is 12.3. The number of hydrogen-bond acceptors (Lipinski definition) is 4. The predicted octanol–water partition coefficient (Wildman–Crippen LogP) is 3.93. The molecular weight excluding hydrogens is 420 g/mol. The molecule has 0 saturated carbocycles. The maximum absolute atomic E-state index is 13.0. The molecule has 2 aromatic carbocycles. The van der Waals surface area contributed by atoms with E-state index in [1.54, 1.807) is 19.1 Å². The van der Waals surface area contributed by atoms with Crippen molar-refractivity contribution in [3.8, 4) is 0 Å². The normalized spacial score (nSPS) is 16.1. The SMILES string of the molecule is Cc1ccc(S(=O)(=O)Nc2ccc(Cl)c(S(=O)(=O)N3CCCCC3)c2)c(C)c1. The van der Waals surface area contributed by atoms with Gasteiger partial charge < -0.3 is 0 Å². The summed E-state index contributed by atoms with van der Waals surface area (Å²) < 4.78 is 55.3. The minimum absolute atomic E-state index is 0.0695. The topological polar surface area (TPSA) is 83.5 Å². The summed E-state index contributed by atoms with van der Waals surface area (Å²) in [5, 5.41) is 0.0695. The highest BCUT2D eigenvalue weighted by molar-refractivity contribution is 7.92. The van der Waals surface area contributed by atoms with Gasteiger partial charge in [0.05, 0.1) is 15.6 Å². The van der Waals surface area contributed by atoms with Crippen LogP contribution in [0.3, 0.4) is 0 Å². The quantitative estimate of drug-likeness (QED) is 0.760. The van der Waals surface area contributed by atoms with Crippen LogP contribution in [0.25, 0.3) is 0 Å². The summed E-state index contributed by atoms with van der Waals surface area (Å²) >= 11 is 6.15. The number of hydrogen-bond donors (Lipinski definition) is 1. The Kier molecular flexibility index (Phi) is 6.05. The average Bonchev–Trinajstić information content (AvgIpc) is 2.63. The highest BCUT2D eigenvalue weighted by Gasteiger charge is 2.28. The zero-order valence-electron chi connectivity index (χ0n) is 15.8. The van der Waals surface area contributed by atoms with Crippen molar-refractivity contribution in [2.75, 3.05) is 17.8 Å². The van der Waals surface area contributed by atoms with Crippen LogP contribution in [0.5, 0.6) is 0 Å². The molecule has 0 aliphatic carbocycles. The summed E-state index contributed by atoms with van der Waals surface area (Å²) in [5.41, 5.74) is 1.72. The van der Waals surface area contributed by atoms with E-state index in [0.717, 1.165) is 24.8 Å². The number of sulfonamides is 2. The second-order valence-corrected chi connectivity index (χ2v) is 10.9. The zero-order valence-corrected chi connectivity index (χ0v) is 18.2. The van der Waals surface area contributed by atoms with Crippen LogP contribution in [0.4, 0.5) is 5.69 Å². The van der Waals surface area contributed by atoms with Gasteiger partial charge in [-0.2, -0.15) is 4.31 Å². The molecule has 1 N–H and O–H groups in total. The lowest BCUT2D eigenvalue weighted by atomic mass is 10.2. The number of aryl methyl sites for hydroxylation is 2. The lowest BCUT2D eigenvalue weighted by molar-refractivity contribution is 0.346. The number of rotatable bonds is 5. The third-order valence-electron chi connectivity index (χ3n) is 4.74. The summed E-state index contributed by atoms with van der Waals surface area (Å²) in [6.45, 7) is 4.48. The molecule has 0 aromatic heterocycles. The van der Waals surface area contributed by atoms with E-state index >= 15 is 0 Å². The smallest absolute Gasteiger partial charge is 0.262 e. The van der Waals surface area contributed by atoms with Gasteiger partial charge in [-0.3, -0.25) is 4.72 Å². The maximum Gasteiger partial charge on any atom is 0.262 e. The molecule has 0 atom stereocenters. The largest absolute Gasteiger partial charge is 0.280 e. The average molecular weight is 443 g/mol. The molecule has 152 valence electrons. The third kappa shape index (κ3) is 4.35. The third-order valence-corrected chi connectivity index (χ3v) is 8.66. The van der Waals surface area contributed by atoms with Crippen molar-refractivity contribution in [1.82, 2.24) is 4.31 Å². The first-order valence-electron chi connectivity index (χ1n) is 9.01. The van der Waals surface area contributed by atoms with Crippen molar-refractivity contribution in [2.45, 2.75) is 42.9 Å². The summed E-state index contributed by atoms with van der Waals surface area (Å²) in [6.07, 6.45) is 2.60. The van der Waals surface area contributed by atoms with E-state index in [1.807, 2.05) is 6.92 Å². The van der Waals surface area contributed by atoms with Crippen LogP contribution >= 0.6 is 11.6 Å². The molecule has 9 heteroatoms. The molecule has 1 aliphatic heterocycles. The van der Waals surface area contributed by atoms with E-state index in [2.05, 4.69) is 4.72 Å². The Morgan fingerprint density at radius 3 is 2.21 bits per heavy atom. The van der Waals surface area contributed by atoms with Gasteiger partial charge in [0.25, 0.3) is 10.0 Å². The van der Waals surface area contributed by atoms with Gasteiger partial charge in [0.2, 0.25) is 10.0 Å². The van der Waals surface area contributed by atoms with Crippen LogP contribution in [0.1, 0.15) is 30.4 Å². The molecule has 0 unspecified atom stereocenters. The highest BCUT2D eigenvalue weighted by Crippen LogP contribution is 2.30. The monoisotopic (exact) mass is 442 g/mol. The van der Waals surface area contributed by atoms with Crippen molar-refractivity contribution < 1.29 is 16.8 Å². The van der Waals surface area contributed by atoms with E-state index in [0.29, 0.717) is 18.7 Å². The first-order chi connectivity index (χ1) is 13.1. The molecule has 3 rings (SSSR count). The van der Waals surface area contributed by atoms with Crippen LogP contribution in [0, 0.1) is 13.8 Å². The van der Waals surface area contributed by atoms with Crippen LogP contribution < -0.4 is 4.72 Å².